The predicted molar refractivity (Wildman–Crippen MR) is 84.6 cm³/mol. The third-order valence-corrected chi connectivity index (χ3v) is 6.24. The first-order valence-electron chi connectivity index (χ1n) is 7.64. The van der Waals surface area contributed by atoms with Gasteiger partial charge in [0.05, 0.1) is 11.9 Å². The van der Waals surface area contributed by atoms with E-state index in [1.54, 1.807) is 11.4 Å². The Balaban J connectivity index is 2.00. The molecule has 1 heterocycles. The largest absolute Gasteiger partial charge is 0.376 e. The molecule has 1 atom stereocenters. The molecule has 1 saturated heterocycles. The van der Waals surface area contributed by atoms with E-state index in [4.69, 9.17) is 4.74 Å². The first-order chi connectivity index (χ1) is 10.1. The van der Waals surface area contributed by atoms with Gasteiger partial charge in [0, 0.05) is 20.2 Å². The van der Waals surface area contributed by atoms with E-state index in [-0.39, 0.29) is 11.9 Å². The van der Waals surface area contributed by atoms with Gasteiger partial charge in [-0.1, -0.05) is 37.3 Å². The molecule has 0 bridgehead atoms. The Morgan fingerprint density at radius 2 is 1.86 bits per heavy atom. The average molecular weight is 311 g/mol. The van der Waals surface area contributed by atoms with Crippen LogP contribution in [0.1, 0.15) is 37.9 Å². The van der Waals surface area contributed by atoms with E-state index in [9.17, 15) is 8.42 Å². The van der Waals surface area contributed by atoms with E-state index >= 15 is 0 Å². The van der Waals surface area contributed by atoms with Crippen LogP contribution in [-0.2, 0) is 14.8 Å². The van der Waals surface area contributed by atoms with Gasteiger partial charge in [0.25, 0.3) is 0 Å². The number of sulfonamides is 1. The Labute approximate surface area is 128 Å². The summed E-state index contributed by atoms with van der Waals surface area (Å²) in [6.45, 7) is 3.13. The van der Waals surface area contributed by atoms with E-state index < -0.39 is 10.0 Å². The van der Waals surface area contributed by atoms with Crippen LogP contribution in [0, 0.1) is 5.92 Å². The zero-order valence-corrected chi connectivity index (χ0v) is 13.7. The van der Waals surface area contributed by atoms with Crippen LogP contribution in [-0.4, -0.2) is 38.7 Å². The third kappa shape index (κ3) is 4.05. The quantitative estimate of drug-likeness (QED) is 0.811. The monoisotopic (exact) mass is 311 g/mol. The summed E-state index contributed by atoms with van der Waals surface area (Å²) < 4.78 is 31.5. The van der Waals surface area contributed by atoms with Crippen molar-refractivity contribution in [3.8, 4) is 0 Å². The Morgan fingerprint density at radius 1 is 1.24 bits per heavy atom. The molecule has 118 valence electrons. The standard InChI is InChI=1S/C16H25NO3S/c1-3-13-21(18,19)17-11-9-15(10-12-17)16(20-2)14-7-5-4-6-8-14/h4-8,15-16H,3,9-13H2,1-2H3. The molecule has 1 unspecified atom stereocenters. The first kappa shape index (κ1) is 16.5. The number of methoxy groups -OCH3 is 1. The number of hydrogen-bond donors (Lipinski definition) is 0. The first-order valence-corrected chi connectivity index (χ1v) is 9.25. The minimum Gasteiger partial charge on any atom is -0.376 e. The van der Waals surface area contributed by atoms with E-state index in [1.807, 2.05) is 25.1 Å². The molecule has 4 nitrogen and oxygen atoms in total. The molecule has 0 aromatic heterocycles. The molecule has 1 fully saturated rings. The fourth-order valence-electron chi connectivity index (χ4n) is 3.09. The van der Waals surface area contributed by atoms with Crippen molar-refractivity contribution < 1.29 is 13.2 Å². The van der Waals surface area contributed by atoms with Crippen LogP contribution < -0.4 is 0 Å². The van der Waals surface area contributed by atoms with Gasteiger partial charge in [-0.15, -0.1) is 0 Å². The second-order valence-corrected chi connectivity index (χ2v) is 7.71. The highest BCUT2D eigenvalue weighted by Crippen LogP contribution is 2.33. The molecule has 0 saturated carbocycles. The lowest BCUT2D eigenvalue weighted by Crippen LogP contribution is -2.41. The Hall–Kier alpha value is -0.910. The number of hydrogen-bond acceptors (Lipinski definition) is 3. The summed E-state index contributed by atoms with van der Waals surface area (Å²) in [5.74, 6) is 0.634. The number of rotatable bonds is 6. The van der Waals surface area contributed by atoms with Crippen molar-refractivity contribution >= 4 is 10.0 Å². The molecule has 0 radical (unpaired) electrons. The van der Waals surface area contributed by atoms with Crippen molar-refractivity contribution in [1.82, 2.24) is 4.31 Å². The van der Waals surface area contributed by atoms with Crippen molar-refractivity contribution in [2.75, 3.05) is 26.0 Å². The summed E-state index contributed by atoms with van der Waals surface area (Å²) in [6, 6.07) is 10.2. The molecule has 1 aromatic rings. The second kappa shape index (κ2) is 7.38. The van der Waals surface area contributed by atoms with Gasteiger partial charge >= 0.3 is 0 Å². The Bertz CT molecular complexity index is 522. The molecular weight excluding hydrogens is 286 g/mol. The average Bonchev–Trinajstić information content (AvgIpc) is 2.50. The van der Waals surface area contributed by atoms with Crippen LogP contribution in [0.25, 0.3) is 0 Å². The van der Waals surface area contributed by atoms with E-state index in [1.165, 1.54) is 5.56 Å². The molecule has 1 aromatic carbocycles. The van der Waals surface area contributed by atoms with Crippen LogP contribution in [0.3, 0.4) is 0 Å². The molecule has 1 aliphatic heterocycles. The topological polar surface area (TPSA) is 46.6 Å². The van der Waals surface area contributed by atoms with Gasteiger partial charge in [0.2, 0.25) is 10.0 Å². The molecule has 1 aliphatic rings. The SMILES string of the molecule is CCCS(=O)(=O)N1CCC(C(OC)c2ccccc2)CC1. The zero-order chi connectivity index (χ0) is 15.3. The molecular formula is C16H25NO3S. The maximum Gasteiger partial charge on any atom is 0.214 e. The maximum atomic E-state index is 12.1. The molecule has 0 N–H and O–H groups in total. The van der Waals surface area contributed by atoms with Crippen LogP contribution in [0.5, 0.6) is 0 Å². The van der Waals surface area contributed by atoms with E-state index in [2.05, 4.69) is 12.1 Å². The van der Waals surface area contributed by atoms with Crippen LogP contribution in [0.2, 0.25) is 0 Å². The van der Waals surface area contributed by atoms with Crippen LogP contribution in [0.4, 0.5) is 0 Å². The van der Waals surface area contributed by atoms with Crippen molar-refractivity contribution in [3.05, 3.63) is 35.9 Å². The van der Waals surface area contributed by atoms with E-state index in [0.717, 1.165) is 12.8 Å². The van der Waals surface area contributed by atoms with Gasteiger partial charge in [-0.3, -0.25) is 0 Å². The minimum atomic E-state index is -3.06. The van der Waals surface area contributed by atoms with Crippen molar-refractivity contribution in [2.45, 2.75) is 32.3 Å². The summed E-state index contributed by atoms with van der Waals surface area (Å²) in [5, 5.41) is 0. The summed E-state index contributed by atoms with van der Waals surface area (Å²) in [4.78, 5) is 0. The smallest absolute Gasteiger partial charge is 0.214 e. The van der Waals surface area contributed by atoms with Gasteiger partial charge in [-0.25, -0.2) is 12.7 Å². The third-order valence-electron chi connectivity index (χ3n) is 4.16. The lowest BCUT2D eigenvalue weighted by molar-refractivity contribution is 0.0303. The summed E-state index contributed by atoms with van der Waals surface area (Å²) in [6.07, 6.45) is 2.45. The highest BCUT2D eigenvalue weighted by molar-refractivity contribution is 7.89. The summed E-state index contributed by atoms with van der Waals surface area (Å²) in [7, 11) is -1.33. The lowest BCUT2D eigenvalue weighted by atomic mass is 9.88. The van der Waals surface area contributed by atoms with Gasteiger partial charge in [-0.2, -0.15) is 0 Å². The van der Waals surface area contributed by atoms with Crippen LogP contribution in [0.15, 0.2) is 30.3 Å². The highest BCUT2D eigenvalue weighted by atomic mass is 32.2. The number of nitrogens with zero attached hydrogens (tertiary/aromatic N) is 1. The molecule has 21 heavy (non-hydrogen) atoms. The van der Waals surface area contributed by atoms with Gasteiger partial charge < -0.3 is 4.74 Å². The molecule has 2 rings (SSSR count). The number of ether oxygens (including phenoxy) is 1. The maximum absolute atomic E-state index is 12.1. The molecule has 0 amide bonds. The molecule has 0 aliphatic carbocycles. The van der Waals surface area contributed by atoms with Gasteiger partial charge in [-0.05, 0) is 30.7 Å². The van der Waals surface area contributed by atoms with E-state index in [0.29, 0.717) is 25.4 Å². The minimum absolute atomic E-state index is 0.0576. The Kier molecular flexibility index (Phi) is 5.79. The van der Waals surface area contributed by atoms with Crippen LogP contribution >= 0.6 is 0 Å². The van der Waals surface area contributed by atoms with Gasteiger partial charge in [0.15, 0.2) is 0 Å². The number of benzene rings is 1. The molecule has 0 spiro atoms. The van der Waals surface area contributed by atoms with Crippen molar-refractivity contribution in [2.24, 2.45) is 5.92 Å². The second-order valence-electron chi connectivity index (χ2n) is 5.62. The zero-order valence-electron chi connectivity index (χ0n) is 12.9. The summed E-state index contributed by atoms with van der Waals surface area (Å²) >= 11 is 0. The number of piperidine rings is 1. The lowest BCUT2D eigenvalue weighted by Gasteiger charge is -2.35. The normalized spacial score (nSPS) is 19.5. The highest BCUT2D eigenvalue weighted by Gasteiger charge is 2.31. The predicted octanol–water partition coefficient (Wildman–Crippen LogP) is 2.83. The molecule has 5 heteroatoms. The van der Waals surface area contributed by atoms with Gasteiger partial charge in [0.1, 0.15) is 0 Å². The van der Waals surface area contributed by atoms with Crippen molar-refractivity contribution in [3.63, 3.8) is 0 Å². The fourth-order valence-corrected chi connectivity index (χ4v) is 4.63. The summed E-state index contributed by atoms with van der Waals surface area (Å²) in [5.41, 5.74) is 1.18. The van der Waals surface area contributed by atoms with Crippen molar-refractivity contribution in [1.29, 1.82) is 0 Å². The fraction of sp³-hybridized carbons (Fsp3) is 0.625. The Morgan fingerprint density at radius 3 is 2.38 bits per heavy atom.